The van der Waals surface area contributed by atoms with Crippen LogP contribution in [0.15, 0.2) is 36.4 Å². The lowest BCUT2D eigenvalue weighted by Gasteiger charge is -2.08. The molecular formula is C16H15FN2O2. The molecule has 0 aliphatic carbocycles. The highest BCUT2D eigenvalue weighted by Crippen LogP contribution is 2.31. The van der Waals surface area contributed by atoms with Crippen LogP contribution in [0.5, 0.6) is 11.5 Å². The molecule has 0 aliphatic heterocycles. The van der Waals surface area contributed by atoms with E-state index in [1.807, 2.05) is 17.6 Å². The summed E-state index contributed by atoms with van der Waals surface area (Å²) in [6.45, 7) is 2.69. The fourth-order valence-electron chi connectivity index (χ4n) is 2.51. The normalized spacial score (nSPS) is 11.1. The summed E-state index contributed by atoms with van der Waals surface area (Å²) in [7, 11) is 0. The van der Waals surface area contributed by atoms with Crippen molar-refractivity contribution in [3.05, 3.63) is 42.2 Å². The molecule has 3 aromatic rings. The van der Waals surface area contributed by atoms with Gasteiger partial charge in [-0.3, -0.25) is 0 Å². The number of aromatic nitrogens is 2. The summed E-state index contributed by atoms with van der Waals surface area (Å²) in [6, 6.07) is 9.09. The number of para-hydroxylation sites is 1. The number of phenolic OH excluding ortho intramolecular Hbond substituents is 2. The predicted molar refractivity (Wildman–Crippen MR) is 78.7 cm³/mol. The van der Waals surface area contributed by atoms with Crippen LogP contribution >= 0.6 is 0 Å². The van der Waals surface area contributed by atoms with Crippen molar-refractivity contribution in [2.45, 2.75) is 19.9 Å². The third kappa shape index (κ3) is 2.31. The van der Waals surface area contributed by atoms with Gasteiger partial charge in [0, 0.05) is 18.2 Å². The molecular weight excluding hydrogens is 271 g/mol. The van der Waals surface area contributed by atoms with E-state index in [0.29, 0.717) is 29.0 Å². The number of fused-ring (bicyclic) bond motifs is 1. The van der Waals surface area contributed by atoms with Gasteiger partial charge in [-0.1, -0.05) is 13.0 Å². The molecule has 0 aliphatic rings. The molecule has 1 heterocycles. The second-order valence-electron chi connectivity index (χ2n) is 4.93. The van der Waals surface area contributed by atoms with E-state index in [9.17, 15) is 14.6 Å². The van der Waals surface area contributed by atoms with Crippen molar-refractivity contribution in [3.63, 3.8) is 0 Å². The van der Waals surface area contributed by atoms with Crippen molar-refractivity contribution in [3.8, 4) is 22.9 Å². The van der Waals surface area contributed by atoms with E-state index < -0.39 is 0 Å². The molecule has 1 aromatic heterocycles. The highest BCUT2D eigenvalue weighted by molar-refractivity contribution is 5.81. The molecule has 0 atom stereocenters. The first kappa shape index (κ1) is 13.4. The van der Waals surface area contributed by atoms with Crippen molar-refractivity contribution in [1.82, 2.24) is 9.55 Å². The third-order valence-electron chi connectivity index (χ3n) is 3.34. The zero-order valence-corrected chi connectivity index (χ0v) is 11.5. The van der Waals surface area contributed by atoms with Gasteiger partial charge in [-0.05, 0) is 30.7 Å². The minimum Gasteiger partial charge on any atom is -0.508 e. The molecule has 108 valence electrons. The molecule has 21 heavy (non-hydrogen) atoms. The Morgan fingerprint density at radius 3 is 2.52 bits per heavy atom. The summed E-state index contributed by atoms with van der Waals surface area (Å²) in [5, 5.41) is 19.3. The largest absolute Gasteiger partial charge is 0.508 e. The van der Waals surface area contributed by atoms with Crippen molar-refractivity contribution >= 4 is 11.0 Å². The van der Waals surface area contributed by atoms with Crippen LogP contribution in [0, 0.1) is 5.82 Å². The van der Waals surface area contributed by atoms with Crippen molar-refractivity contribution in [2.75, 3.05) is 0 Å². The molecule has 5 heteroatoms. The molecule has 0 spiro atoms. The Bertz CT molecular complexity index is 791. The average molecular weight is 286 g/mol. The predicted octanol–water partition coefficient (Wildman–Crippen LogP) is 3.66. The van der Waals surface area contributed by atoms with E-state index in [-0.39, 0.29) is 17.3 Å². The summed E-state index contributed by atoms with van der Waals surface area (Å²) in [6.07, 6.45) is 0.861. The second kappa shape index (κ2) is 5.09. The van der Waals surface area contributed by atoms with Gasteiger partial charge in [-0.25, -0.2) is 9.37 Å². The Morgan fingerprint density at radius 1 is 1.14 bits per heavy atom. The maximum absolute atomic E-state index is 13.9. The summed E-state index contributed by atoms with van der Waals surface area (Å²) >= 11 is 0. The van der Waals surface area contributed by atoms with Gasteiger partial charge in [0.25, 0.3) is 0 Å². The number of imidazole rings is 1. The fraction of sp³-hybridized carbons (Fsp3) is 0.188. The van der Waals surface area contributed by atoms with Crippen LogP contribution in [-0.4, -0.2) is 19.8 Å². The number of hydrogen-bond donors (Lipinski definition) is 2. The topological polar surface area (TPSA) is 58.3 Å². The van der Waals surface area contributed by atoms with Crippen LogP contribution < -0.4 is 0 Å². The molecule has 0 unspecified atom stereocenters. The van der Waals surface area contributed by atoms with Crippen LogP contribution in [0.1, 0.15) is 13.3 Å². The summed E-state index contributed by atoms with van der Waals surface area (Å²) < 4.78 is 15.8. The van der Waals surface area contributed by atoms with Crippen LogP contribution in [0.4, 0.5) is 4.39 Å². The van der Waals surface area contributed by atoms with Gasteiger partial charge < -0.3 is 14.8 Å². The Morgan fingerprint density at radius 2 is 1.86 bits per heavy atom. The van der Waals surface area contributed by atoms with Gasteiger partial charge in [0.2, 0.25) is 0 Å². The van der Waals surface area contributed by atoms with E-state index in [0.717, 1.165) is 6.42 Å². The highest BCUT2D eigenvalue weighted by Gasteiger charge is 2.15. The number of phenols is 2. The second-order valence-corrected chi connectivity index (χ2v) is 4.93. The number of aryl methyl sites for hydroxylation is 1. The van der Waals surface area contributed by atoms with Crippen LogP contribution in [0.3, 0.4) is 0 Å². The molecule has 0 saturated carbocycles. The third-order valence-corrected chi connectivity index (χ3v) is 3.34. The summed E-state index contributed by atoms with van der Waals surface area (Å²) in [5.41, 5.74) is 1.55. The zero-order chi connectivity index (χ0) is 15.0. The van der Waals surface area contributed by atoms with E-state index in [2.05, 4.69) is 4.98 Å². The highest BCUT2D eigenvalue weighted by atomic mass is 19.1. The minimum atomic E-state index is -0.382. The number of hydrogen-bond acceptors (Lipinski definition) is 3. The van der Waals surface area contributed by atoms with E-state index >= 15 is 0 Å². The van der Waals surface area contributed by atoms with Gasteiger partial charge in [-0.2, -0.15) is 0 Å². The Balaban J connectivity index is 2.30. The first-order valence-corrected chi connectivity index (χ1v) is 6.78. The van der Waals surface area contributed by atoms with Crippen LogP contribution in [-0.2, 0) is 6.54 Å². The summed E-state index contributed by atoms with van der Waals surface area (Å²) in [4.78, 5) is 4.35. The number of rotatable bonds is 3. The van der Waals surface area contributed by atoms with E-state index in [4.69, 9.17) is 0 Å². The molecule has 2 aromatic carbocycles. The molecule has 2 N–H and O–H groups in total. The monoisotopic (exact) mass is 286 g/mol. The molecule has 4 nitrogen and oxygen atoms in total. The molecule has 0 bridgehead atoms. The molecule has 0 saturated heterocycles. The Hall–Kier alpha value is -2.56. The lowest BCUT2D eigenvalue weighted by Crippen LogP contribution is -1.99. The van der Waals surface area contributed by atoms with Crippen molar-refractivity contribution in [2.24, 2.45) is 0 Å². The maximum atomic E-state index is 13.9. The maximum Gasteiger partial charge on any atom is 0.151 e. The number of benzene rings is 2. The zero-order valence-electron chi connectivity index (χ0n) is 11.5. The van der Waals surface area contributed by atoms with Crippen LogP contribution in [0.25, 0.3) is 22.4 Å². The molecule has 3 rings (SSSR count). The SMILES string of the molecule is CCCn1c(-c2cc(O)cc(O)c2)nc2c(F)cccc21. The Labute approximate surface area is 121 Å². The summed E-state index contributed by atoms with van der Waals surface area (Å²) in [5.74, 6) is 0.0391. The van der Waals surface area contributed by atoms with Gasteiger partial charge in [0.05, 0.1) is 5.52 Å². The lowest BCUT2D eigenvalue weighted by molar-refractivity contribution is 0.451. The standard InChI is InChI=1S/C16H15FN2O2/c1-2-6-19-14-5-3-4-13(17)15(14)18-16(19)10-7-11(20)9-12(21)8-10/h3-5,7-9,20-21H,2,6H2,1H3. The lowest BCUT2D eigenvalue weighted by atomic mass is 10.2. The van der Waals surface area contributed by atoms with Gasteiger partial charge in [0.1, 0.15) is 22.8 Å². The smallest absolute Gasteiger partial charge is 0.151 e. The van der Waals surface area contributed by atoms with Gasteiger partial charge in [-0.15, -0.1) is 0 Å². The minimum absolute atomic E-state index is 0.0550. The first-order chi connectivity index (χ1) is 10.1. The van der Waals surface area contributed by atoms with E-state index in [1.54, 1.807) is 6.07 Å². The van der Waals surface area contributed by atoms with Gasteiger partial charge in [0.15, 0.2) is 5.82 Å². The van der Waals surface area contributed by atoms with Crippen molar-refractivity contribution in [1.29, 1.82) is 0 Å². The molecule has 0 amide bonds. The van der Waals surface area contributed by atoms with Crippen LogP contribution in [0.2, 0.25) is 0 Å². The van der Waals surface area contributed by atoms with Gasteiger partial charge >= 0.3 is 0 Å². The number of halogens is 1. The molecule has 0 radical (unpaired) electrons. The van der Waals surface area contributed by atoms with Crippen molar-refractivity contribution < 1.29 is 14.6 Å². The first-order valence-electron chi connectivity index (χ1n) is 6.78. The molecule has 0 fully saturated rings. The Kier molecular flexibility index (Phi) is 3.25. The quantitative estimate of drug-likeness (QED) is 0.772. The average Bonchev–Trinajstić information content (AvgIpc) is 2.79. The van der Waals surface area contributed by atoms with E-state index in [1.165, 1.54) is 24.3 Å². The number of aromatic hydroxyl groups is 2. The fourth-order valence-corrected chi connectivity index (χ4v) is 2.51. The number of nitrogens with zero attached hydrogens (tertiary/aromatic N) is 2.